The summed E-state index contributed by atoms with van der Waals surface area (Å²) in [6, 6.07) is 0. The lowest BCUT2D eigenvalue weighted by atomic mass is 10.4. The number of hydrogen-bond acceptors (Lipinski definition) is 5. The first kappa shape index (κ1) is 12.4. The maximum absolute atomic E-state index is 4.43. The molecule has 0 saturated carbocycles. The van der Waals surface area contributed by atoms with Crippen molar-refractivity contribution in [3.05, 3.63) is 5.82 Å². The molecule has 0 saturated heterocycles. The minimum absolute atomic E-state index is 0.915. The van der Waals surface area contributed by atoms with Gasteiger partial charge in [0.25, 0.3) is 0 Å². The molecule has 0 amide bonds. The SMILES string of the molecule is CCCNCCN(C)c1nc(CC)ns1. The van der Waals surface area contributed by atoms with E-state index in [1.807, 2.05) is 0 Å². The van der Waals surface area contributed by atoms with E-state index < -0.39 is 0 Å². The van der Waals surface area contributed by atoms with Crippen molar-refractivity contribution in [3.8, 4) is 0 Å². The van der Waals surface area contributed by atoms with Gasteiger partial charge in [-0.2, -0.15) is 4.37 Å². The Bertz CT molecular complexity index is 274. The molecule has 5 heteroatoms. The van der Waals surface area contributed by atoms with Crippen LogP contribution >= 0.6 is 11.5 Å². The molecule has 0 radical (unpaired) electrons. The first-order chi connectivity index (χ1) is 7.27. The molecule has 86 valence electrons. The Morgan fingerprint density at radius 2 is 2.13 bits per heavy atom. The van der Waals surface area contributed by atoms with Gasteiger partial charge in [0.05, 0.1) is 0 Å². The molecule has 1 aromatic rings. The van der Waals surface area contributed by atoms with E-state index in [4.69, 9.17) is 0 Å². The number of nitrogens with one attached hydrogen (secondary N) is 1. The van der Waals surface area contributed by atoms with Crippen molar-refractivity contribution in [2.24, 2.45) is 0 Å². The molecular formula is C10H20N4S. The predicted octanol–water partition coefficient (Wildman–Crippen LogP) is 1.54. The normalized spacial score (nSPS) is 10.6. The van der Waals surface area contributed by atoms with Gasteiger partial charge in [0.15, 0.2) is 0 Å². The van der Waals surface area contributed by atoms with Crippen molar-refractivity contribution in [3.63, 3.8) is 0 Å². The molecule has 0 aromatic carbocycles. The van der Waals surface area contributed by atoms with Gasteiger partial charge in [-0.15, -0.1) is 0 Å². The van der Waals surface area contributed by atoms with Crippen molar-refractivity contribution in [2.75, 3.05) is 31.6 Å². The van der Waals surface area contributed by atoms with Crippen LogP contribution in [0, 0.1) is 0 Å². The van der Waals surface area contributed by atoms with Crippen LogP contribution in [-0.4, -0.2) is 36.0 Å². The van der Waals surface area contributed by atoms with Gasteiger partial charge < -0.3 is 10.2 Å². The number of aryl methyl sites for hydroxylation is 1. The highest BCUT2D eigenvalue weighted by Gasteiger charge is 2.06. The van der Waals surface area contributed by atoms with Gasteiger partial charge in [0.2, 0.25) is 5.13 Å². The Labute approximate surface area is 95.9 Å². The second-order valence-electron chi connectivity index (χ2n) is 3.52. The first-order valence-corrected chi connectivity index (χ1v) is 6.29. The topological polar surface area (TPSA) is 41.0 Å². The van der Waals surface area contributed by atoms with E-state index in [2.05, 4.69) is 40.5 Å². The molecule has 1 rings (SSSR count). The van der Waals surface area contributed by atoms with Crippen LogP contribution in [-0.2, 0) is 6.42 Å². The zero-order chi connectivity index (χ0) is 11.1. The molecule has 15 heavy (non-hydrogen) atoms. The Balaban J connectivity index is 2.29. The third-order valence-electron chi connectivity index (χ3n) is 2.15. The number of hydrogen-bond donors (Lipinski definition) is 1. The number of rotatable bonds is 7. The third kappa shape index (κ3) is 4.13. The molecule has 1 aromatic heterocycles. The molecule has 0 aliphatic heterocycles. The fraction of sp³-hybridized carbons (Fsp3) is 0.800. The number of anilines is 1. The standard InChI is InChI=1S/C10H20N4S/c1-4-6-11-7-8-14(3)10-12-9(5-2)13-15-10/h11H,4-8H2,1-3H3. The van der Waals surface area contributed by atoms with Crippen LogP contribution < -0.4 is 10.2 Å². The van der Waals surface area contributed by atoms with E-state index in [1.165, 1.54) is 18.0 Å². The average molecular weight is 228 g/mol. The van der Waals surface area contributed by atoms with E-state index in [1.54, 1.807) is 0 Å². The summed E-state index contributed by atoms with van der Waals surface area (Å²) >= 11 is 1.48. The molecule has 0 bridgehead atoms. The molecule has 0 unspecified atom stereocenters. The summed E-state index contributed by atoms with van der Waals surface area (Å²) in [4.78, 5) is 6.59. The maximum atomic E-state index is 4.43. The number of nitrogens with zero attached hydrogens (tertiary/aromatic N) is 3. The van der Waals surface area contributed by atoms with Gasteiger partial charge in [-0.05, 0) is 13.0 Å². The molecule has 4 nitrogen and oxygen atoms in total. The minimum atomic E-state index is 0.915. The predicted molar refractivity (Wildman–Crippen MR) is 65.7 cm³/mol. The second kappa shape index (κ2) is 6.74. The van der Waals surface area contributed by atoms with Crippen LogP contribution in [0.25, 0.3) is 0 Å². The van der Waals surface area contributed by atoms with Crippen LogP contribution in [0.3, 0.4) is 0 Å². The zero-order valence-corrected chi connectivity index (χ0v) is 10.6. The smallest absolute Gasteiger partial charge is 0.204 e. The van der Waals surface area contributed by atoms with Crippen molar-refractivity contribution in [1.82, 2.24) is 14.7 Å². The number of aromatic nitrogens is 2. The third-order valence-corrected chi connectivity index (χ3v) is 3.02. The van der Waals surface area contributed by atoms with Gasteiger partial charge in [0.1, 0.15) is 5.82 Å². The fourth-order valence-electron chi connectivity index (χ4n) is 1.19. The van der Waals surface area contributed by atoms with Crippen molar-refractivity contribution >= 4 is 16.7 Å². The lowest BCUT2D eigenvalue weighted by Gasteiger charge is -2.14. The summed E-state index contributed by atoms with van der Waals surface area (Å²) in [6.07, 6.45) is 2.10. The minimum Gasteiger partial charge on any atom is -0.349 e. The van der Waals surface area contributed by atoms with Gasteiger partial charge >= 0.3 is 0 Å². The first-order valence-electron chi connectivity index (χ1n) is 5.52. The maximum Gasteiger partial charge on any atom is 0.204 e. The van der Waals surface area contributed by atoms with Gasteiger partial charge in [-0.3, -0.25) is 0 Å². The summed E-state index contributed by atoms with van der Waals surface area (Å²) in [6.45, 7) is 7.33. The highest BCUT2D eigenvalue weighted by molar-refractivity contribution is 7.09. The summed E-state index contributed by atoms with van der Waals surface area (Å²) in [5, 5.41) is 4.39. The highest BCUT2D eigenvalue weighted by atomic mass is 32.1. The van der Waals surface area contributed by atoms with E-state index >= 15 is 0 Å². The zero-order valence-electron chi connectivity index (χ0n) is 9.79. The Hall–Kier alpha value is -0.680. The van der Waals surface area contributed by atoms with Gasteiger partial charge in [-0.1, -0.05) is 13.8 Å². The monoisotopic (exact) mass is 228 g/mol. The lowest BCUT2D eigenvalue weighted by Crippen LogP contribution is -2.29. The van der Waals surface area contributed by atoms with Gasteiger partial charge in [0, 0.05) is 38.1 Å². The average Bonchev–Trinajstić information content (AvgIpc) is 2.72. The summed E-state index contributed by atoms with van der Waals surface area (Å²) < 4.78 is 4.27. The Morgan fingerprint density at radius 1 is 1.33 bits per heavy atom. The van der Waals surface area contributed by atoms with Crippen molar-refractivity contribution < 1.29 is 0 Å². The molecule has 1 N–H and O–H groups in total. The highest BCUT2D eigenvalue weighted by Crippen LogP contribution is 2.14. The van der Waals surface area contributed by atoms with Crippen LogP contribution in [0.2, 0.25) is 0 Å². The molecule has 1 heterocycles. The van der Waals surface area contributed by atoms with Crippen LogP contribution in [0.15, 0.2) is 0 Å². The molecule has 0 atom stereocenters. The van der Waals surface area contributed by atoms with Gasteiger partial charge in [-0.25, -0.2) is 4.98 Å². The Morgan fingerprint density at radius 3 is 2.73 bits per heavy atom. The second-order valence-corrected chi connectivity index (χ2v) is 4.25. The van der Waals surface area contributed by atoms with Crippen molar-refractivity contribution in [2.45, 2.75) is 26.7 Å². The van der Waals surface area contributed by atoms with Crippen LogP contribution in [0.1, 0.15) is 26.1 Å². The molecule has 0 aliphatic carbocycles. The van der Waals surface area contributed by atoms with E-state index in [0.29, 0.717) is 0 Å². The van der Waals surface area contributed by atoms with E-state index in [9.17, 15) is 0 Å². The lowest BCUT2D eigenvalue weighted by molar-refractivity contribution is 0.665. The summed E-state index contributed by atoms with van der Waals surface area (Å²) in [5.41, 5.74) is 0. The quantitative estimate of drug-likeness (QED) is 0.719. The summed E-state index contributed by atoms with van der Waals surface area (Å²) in [5.74, 6) is 0.948. The Kier molecular flexibility index (Phi) is 5.57. The molecular weight excluding hydrogens is 208 g/mol. The fourth-order valence-corrected chi connectivity index (χ4v) is 1.92. The van der Waals surface area contributed by atoms with Crippen LogP contribution in [0.5, 0.6) is 0 Å². The summed E-state index contributed by atoms with van der Waals surface area (Å²) in [7, 11) is 2.06. The number of likely N-dealkylation sites (N-methyl/N-ethyl adjacent to an activating group) is 1. The molecule has 0 aliphatic rings. The van der Waals surface area contributed by atoms with E-state index in [-0.39, 0.29) is 0 Å². The largest absolute Gasteiger partial charge is 0.349 e. The molecule has 0 spiro atoms. The molecule has 0 fully saturated rings. The van der Waals surface area contributed by atoms with Crippen molar-refractivity contribution in [1.29, 1.82) is 0 Å². The van der Waals surface area contributed by atoms with E-state index in [0.717, 1.165) is 37.0 Å². The van der Waals surface area contributed by atoms with Crippen LogP contribution in [0.4, 0.5) is 5.13 Å².